The van der Waals surface area contributed by atoms with Crippen molar-refractivity contribution < 1.29 is 29.9 Å². The summed E-state index contributed by atoms with van der Waals surface area (Å²) in [6.07, 6.45) is -3.59. The number of methoxy groups -OCH3 is 1. The zero-order valence-electron chi connectivity index (χ0n) is 17.2. The number of hydrogen-bond donors (Lipinski definition) is 4. The van der Waals surface area contributed by atoms with E-state index in [-0.39, 0.29) is 0 Å². The van der Waals surface area contributed by atoms with Crippen molar-refractivity contribution in [1.29, 1.82) is 0 Å². The molecule has 0 aliphatic carbocycles. The van der Waals surface area contributed by atoms with Gasteiger partial charge in [0, 0.05) is 4.90 Å². The highest BCUT2D eigenvalue weighted by molar-refractivity contribution is 7.99. The molecule has 2 aliphatic heterocycles. The van der Waals surface area contributed by atoms with Crippen LogP contribution in [0.4, 0.5) is 0 Å². The van der Waals surface area contributed by atoms with Crippen molar-refractivity contribution in [3.8, 4) is 5.75 Å². The largest absolute Gasteiger partial charge is 0.497 e. The molecule has 0 saturated carbocycles. The molecule has 2 aromatic rings. The maximum atomic E-state index is 10.7. The van der Waals surface area contributed by atoms with Crippen LogP contribution >= 0.6 is 23.4 Å². The molecule has 5 atom stereocenters. The van der Waals surface area contributed by atoms with Crippen molar-refractivity contribution in [2.75, 3.05) is 19.5 Å². The highest BCUT2D eigenvalue weighted by Gasteiger charge is 2.45. The minimum absolute atomic E-state index is 0.454. The smallest absolute Gasteiger partial charge is 0.118 e. The lowest BCUT2D eigenvalue weighted by Gasteiger charge is -2.41. The maximum Gasteiger partial charge on any atom is 0.118 e. The third kappa shape index (κ3) is 4.46. The van der Waals surface area contributed by atoms with E-state index in [1.165, 1.54) is 0 Å². The first kappa shape index (κ1) is 22.9. The minimum Gasteiger partial charge on any atom is -0.497 e. The molecule has 8 heteroatoms. The predicted octanol–water partition coefficient (Wildman–Crippen LogP) is 2.49. The Morgan fingerprint density at radius 1 is 1.13 bits per heavy atom. The summed E-state index contributed by atoms with van der Waals surface area (Å²) >= 11 is 8.50. The van der Waals surface area contributed by atoms with Gasteiger partial charge >= 0.3 is 0 Å². The molecule has 0 bridgehead atoms. The van der Waals surface area contributed by atoms with E-state index < -0.39 is 37.1 Å². The van der Waals surface area contributed by atoms with E-state index in [0.717, 1.165) is 51.5 Å². The van der Waals surface area contributed by atoms with Gasteiger partial charge in [0.25, 0.3) is 0 Å². The van der Waals surface area contributed by atoms with E-state index in [2.05, 4.69) is 0 Å². The lowest BCUT2D eigenvalue weighted by molar-refractivity contribution is -0.232. The van der Waals surface area contributed by atoms with Crippen LogP contribution in [-0.2, 0) is 17.6 Å². The second kappa shape index (κ2) is 9.67. The van der Waals surface area contributed by atoms with Crippen LogP contribution in [0.5, 0.6) is 5.75 Å². The summed E-state index contributed by atoms with van der Waals surface area (Å²) < 4.78 is 11.1. The Morgan fingerprint density at radius 2 is 1.87 bits per heavy atom. The summed E-state index contributed by atoms with van der Waals surface area (Å²) in [5.41, 5.74) is 3.71. The average molecular weight is 467 g/mol. The lowest BCUT2D eigenvalue weighted by atomic mass is 9.86. The molecule has 2 aliphatic rings. The summed E-state index contributed by atoms with van der Waals surface area (Å²) in [6, 6.07) is 9.69. The number of aliphatic hydroxyl groups is 4. The van der Waals surface area contributed by atoms with Gasteiger partial charge in [-0.25, -0.2) is 0 Å². The second-order valence-electron chi connectivity index (χ2n) is 7.97. The fourth-order valence-corrected chi connectivity index (χ4v) is 5.83. The Bertz CT molecular complexity index is 919. The van der Waals surface area contributed by atoms with Crippen LogP contribution in [-0.4, -0.2) is 64.3 Å². The van der Waals surface area contributed by atoms with Gasteiger partial charge in [0.1, 0.15) is 36.3 Å². The molecule has 1 saturated heterocycles. The predicted molar refractivity (Wildman–Crippen MR) is 119 cm³/mol. The van der Waals surface area contributed by atoms with Gasteiger partial charge in [-0.3, -0.25) is 0 Å². The van der Waals surface area contributed by atoms with Gasteiger partial charge in [0.05, 0.1) is 18.7 Å². The first-order chi connectivity index (χ1) is 14.9. The molecule has 0 unspecified atom stereocenters. The van der Waals surface area contributed by atoms with Crippen LogP contribution in [0.25, 0.3) is 0 Å². The molecule has 0 radical (unpaired) electrons. The first-order valence-electron chi connectivity index (χ1n) is 10.3. The van der Waals surface area contributed by atoms with Crippen LogP contribution in [0.2, 0.25) is 5.02 Å². The van der Waals surface area contributed by atoms with E-state index in [0.29, 0.717) is 11.4 Å². The molecule has 0 spiro atoms. The SMILES string of the molecule is COc1ccc(Cc2cc([C@H]3O[C@@H](CO)[C@H](O)[C@@H](O)[C@@H]3O)c3c(c2Cl)SCCC3)cc1. The van der Waals surface area contributed by atoms with Crippen LogP contribution < -0.4 is 4.74 Å². The topological polar surface area (TPSA) is 99.4 Å². The molecule has 1 fully saturated rings. The van der Waals surface area contributed by atoms with Gasteiger partial charge in [0.2, 0.25) is 0 Å². The number of hydrogen-bond acceptors (Lipinski definition) is 7. The number of rotatable bonds is 5. The van der Waals surface area contributed by atoms with E-state index in [1.807, 2.05) is 30.3 Å². The molecule has 4 rings (SSSR count). The van der Waals surface area contributed by atoms with Gasteiger partial charge in [-0.2, -0.15) is 0 Å². The Labute approximate surface area is 190 Å². The summed E-state index contributed by atoms with van der Waals surface area (Å²) in [7, 11) is 1.62. The maximum absolute atomic E-state index is 10.7. The number of benzene rings is 2. The standard InChI is InChI=1S/C23H27ClO6S/c1-29-14-6-4-12(5-7-14)9-13-10-16(15-3-2-8-31-23(15)18(13)24)22-21(28)20(27)19(26)17(11-25)30-22/h4-7,10,17,19-22,25-28H,2-3,8-9,11H2,1H3/t17-,19-,20+,21-,22+/m0/s1. The van der Waals surface area contributed by atoms with Crippen molar-refractivity contribution in [1.82, 2.24) is 0 Å². The zero-order chi connectivity index (χ0) is 22.1. The van der Waals surface area contributed by atoms with Crippen molar-refractivity contribution in [2.45, 2.75) is 54.7 Å². The molecule has 6 nitrogen and oxygen atoms in total. The van der Waals surface area contributed by atoms with Crippen LogP contribution in [0.1, 0.15) is 34.8 Å². The average Bonchev–Trinajstić information content (AvgIpc) is 2.80. The summed E-state index contributed by atoms with van der Waals surface area (Å²) in [4.78, 5) is 0.978. The van der Waals surface area contributed by atoms with Crippen molar-refractivity contribution in [3.63, 3.8) is 0 Å². The summed E-state index contributed by atoms with van der Waals surface area (Å²) in [5.74, 6) is 1.73. The fraction of sp³-hybridized carbons (Fsp3) is 0.478. The van der Waals surface area contributed by atoms with Crippen LogP contribution in [0.15, 0.2) is 35.2 Å². The van der Waals surface area contributed by atoms with Gasteiger partial charge < -0.3 is 29.9 Å². The van der Waals surface area contributed by atoms with E-state index in [4.69, 9.17) is 21.1 Å². The monoisotopic (exact) mass is 466 g/mol. The number of halogens is 1. The summed E-state index contributed by atoms with van der Waals surface area (Å²) in [5, 5.41) is 41.5. The normalized spacial score (nSPS) is 28.3. The summed E-state index contributed by atoms with van der Waals surface area (Å²) in [6.45, 7) is -0.454. The number of fused-ring (bicyclic) bond motifs is 1. The minimum atomic E-state index is -1.41. The number of ether oxygens (including phenoxy) is 2. The molecular weight excluding hydrogens is 440 g/mol. The van der Waals surface area contributed by atoms with Crippen molar-refractivity contribution in [3.05, 3.63) is 57.6 Å². The van der Waals surface area contributed by atoms with Crippen molar-refractivity contribution >= 4 is 23.4 Å². The first-order valence-corrected chi connectivity index (χ1v) is 11.7. The van der Waals surface area contributed by atoms with Crippen LogP contribution in [0.3, 0.4) is 0 Å². The molecule has 2 aromatic carbocycles. The molecule has 4 N–H and O–H groups in total. The quantitative estimate of drug-likeness (QED) is 0.537. The van der Waals surface area contributed by atoms with E-state index in [9.17, 15) is 20.4 Å². The lowest BCUT2D eigenvalue weighted by Crippen LogP contribution is -2.55. The number of thioether (sulfide) groups is 1. The zero-order valence-corrected chi connectivity index (χ0v) is 18.8. The van der Waals surface area contributed by atoms with Crippen LogP contribution in [0, 0.1) is 0 Å². The van der Waals surface area contributed by atoms with Gasteiger partial charge in [-0.1, -0.05) is 29.8 Å². The molecule has 2 heterocycles. The van der Waals surface area contributed by atoms with Gasteiger partial charge in [0.15, 0.2) is 0 Å². The third-order valence-electron chi connectivity index (χ3n) is 6.00. The molecule has 31 heavy (non-hydrogen) atoms. The van der Waals surface area contributed by atoms with E-state index in [1.54, 1.807) is 18.9 Å². The fourth-order valence-electron chi connectivity index (χ4n) is 4.28. The van der Waals surface area contributed by atoms with E-state index >= 15 is 0 Å². The molecule has 0 amide bonds. The van der Waals surface area contributed by atoms with Gasteiger partial charge in [-0.15, -0.1) is 11.8 Å². The molecular formula is C23H27ClO6S. The second-order valence-corrected chi connectivity index (χ2v) is 9.46. The van der Waals surface area contributed by atoms with Gasteiger partial charge in [-0.05, 0) is 59.4 Å². The highest BCUT2D eigenvalue weighted by atomic mass is 35.5. The Morgan fingerprint density at radius 3 is 2.55 bits per heavy atom. The molecule has 0 aromatic heterocycles. The van der Waals surface area contributed by atoms with Crippen molar-refractivity contribution in [2.24, 2.45) is 0 Å². The Kier molecular flexibility index (Phi) is 7.13. The Balaban J connectivity index is 1.75. The molecule has 168 valence electrons. The highest BCUT2D eigenvalue weighted by Crippen LogP contribution is 2.45. The Hall–Kier alpha value is -1.32. The number of aliphatic hydroxyl groups excluding tert-OH is 4. The third-order valence-corrected chi connectivity index (χ3v) is 7.78.